The standard InChI is InChI=1S/C9H13NO5/c1-6(5-8(12)13)9(14)15-4-3-10-7(2)11/h5H,3-4H2,1-2H3,(H,10,11)(H,12,13)/b6-5+. The average molecular weight is 215 g/mol. The van der Waals surface area contributed by atoms with Crippen LogP contribution in [0.2, 0.25) is 0 Å². The number of carboxylic acids is 1. The van der Waals surface area contributed by atoms with E-state index in [1.165, 1.54) is 13.8 Å². The summed E-state index contributed by atoms with van der Waals surface area (Å²) in [4.78, 5) is 31.7. The van der Waals surface area contributed by atoms with Crippen molar-refractivity contribution in [1.29, 1.82) is 0 Å². The fraction of sp³-hybridized carbons (Fsp3) is 0.444. The molecule has 0 aromatic heterocycles. The second kappa shape index (κ2) is 6.58. The zero-order chi connectivity index (χ0) is 11.8. The van der Waals surface area contributed by atoms with Crippen LogP contribution in [-0.4, -0.2) is 36.1 Å². The summed E-state index contributed by atoms with van der Waals surface area (Å²) in [7, 11) is 0. The SMILES string of the molecule is CC(=O)NCCOC(=O)/C(C)=C/C(=O)O. The topological polar surface area (TPSA) is 92.7 Å². The number of amides is 1. The zero-order valence-corrected chi connectivity index (χ0v) is 8.57. The van der Waals surface area contributed by atoms with E-state index in [2.05, 4.69) is 10.1 Å². The van der Waals surface area contributed by atoms with Crippen LogP contribution in [0.1, 0.15) is 13.8 Å². The van der Waals surface area contributed by atoms with Gasteiger partial charge >= 0.3 is 11.9 Å². The molecular weight excluding hydrogens is 202 g/mol. The molecule has 0 radical (unpaired) electrons. The number of carbonyl (C=O) groups excluding carboxylic acids is 2. The number of nitrogens with one attached hydrogen (secondary N) is 1. The lowest BCUT2D eigenvalue weighted by Gasteiger charge is -2.04. The quantitative estimate of drug-likeness (QED) is 0.373. The molecule has 0 rings (SSSR count). The van der Waals surface area contributed by atoms with E-state index in [9.17, 15) is 14.4 Å². The van der Waals surface area contributed by atoms with Crippen molar-refractivity contribution in [3.05, 3.63) is 11.6 Å². The maximum Gasteiger partial charge on any atom is 0.334 e. The van der Waals surface area contributed by atoms with Gasteiger partial charge < -0.3 is 15.2 Å². The van der Waals surface area contributed by atoms with Crippen LogP contribution in [0.5, 0.6) is 0 Å². The largest absolute Gasteiger partial charge is 0.478 e. The van der Waals surface area contributed by atoms with E-state index in [1.54, 1.807) is 0 Å². The molecule has 0 fully saturated rings. The van der Waals surface area contributed by atoms with Gasteiger partial charge in [0, 0.05) is 18.6 Å². The Morgan fingerprint density at radius 3 is 2.40 bits per heavy atom. The Bertz CT molecular complexity index is 295. The molecule has 0 saturated carbocycles. The first-order valence-electron chi connectivity index (χ1n) is 4.26. The van der Waals surface area contributed by atoms with Gasteiger partial charge in [-0.05, 0) is 6.92 Å². The maximum atomic E-state index is 11.1. The van der Waals surface area contributed by atoms with Crippen molar-refractivity contribution in [2.24, 2.45) is 0 Å². The number of aliphatic carboxylic acids is 1. The van der Waals surface area contributed by atoms with Crippen molar-refractivity contribution >= 4 is 17.8 Å². The first-order valence-corrected chi connectivity index (χ1v) is 4.26. The first-order chi connectivity index (χ1) is 6.93. The van der Waals surface area contributed by atoms with Crippen molar-refractivity contribution in [2.75, 3.05) is 13.2 Å². The average Bonchev–Trinajstić information content (AvgIpc) is 2.10. The predicted octanol–water partition coefficient (Wildman–Crippen LogP) is -0.303. The third kappa shape index (κ3) is 7.24. The Labute approximate surface area is 86.9 Å². The van der Waals surface area contributed by atoms with Crippen molar-refractivity contribution < 1.29 is 24.2 Å². The molecule has 6 nitrogen and oxygen atoms in total. The summed E-state index contributed by atoms with van der Waals surface area (Å²) in [5, 5.41) is 10.8. The van der Waals surface area contributed by atoms with Crippen LogP contribution in [0.25, 0.3) is 0 Å². The minimum Gasteiger partial charge on any atom is -0.478 e. The summed E-state index contributed by atoms with van der Waals surface area (Å²) in [6, 6.07) is 0. The summed E-state index contributed by atoms with van der Waals surface area (Å²) >= 11 is 0. The third-order valence-corrected chi connectivity index (χ3v) is 1.37. The Morgan fingerprint density at radius 1 is 1.33 bits per heavy atom. The minimum atomic E-state index is -1.20. The maximum absolute atomic E-state index is 11.1. The first kappa shape index (κ1) is 13.2. The highest BCUT2D eigenvalue weighted by Crippen LogP contribution is 1.95. The molecule has 6 heteroatoms. The molecule has 84 valence electrons. The number of hydrogen-bond acceptors (Lipinski definition) is 4. The van der Waals surface area contributed by atoms with Crippen LogP contribution in [0.4, 0.5) is 0 Å². The van der Waals surface area contributed by atoms with Gasteiger partial charge in [-0.2, -0.15) is 0 Å². The molecule has 0 spiro atoms. The highest BCUT2D eigenvalue weighted by molar-refractivity contribution is 5.95. The van der Waals surface area contributed by atoms with E-state index < -0.39 is 11.9 Å². The van der Waals surface area contributed by atoms with Gasteiger partial charge in [0.05, 0.1) is 6.54 Å². The molecule has 2 N–H and O–H groups in total. The van der Waals surface area contributed by atoms with Crippen molar-refractivity contribution in [3.8, 4) is 0 Å². The minimum absolute atomic E-state index is 0.00493. The summed E-state index contributed by atoms with van der Waals surface area (Å²) in [5.74, 6) is -2.13. The Balaban J connectivity index is 3.84. The lowest BCUT2D eigenvalue weighted by atomic mass is 10.3. The van der Waals surface area contributed by atoms with Crippen LogP contribution < -0.4 is 5.32 Å². The van der Waals surface area contributed by atoms with E-state index >= 15 is 0 Å². The Hall–Kier alpha value is -1.85. The van der Waals surface area contributed by atoms with Crippen molar-refractivity contribution in [3.63, 3.8) is 0 Å². The van der Waals surface area contributed by atoms with Gasteiger partial charge in [0.15, 0.2) is 0 Å². The van der Waals surface area contributed by atoms with E-state index in [1.807, 2.05) is 0 Å². The number of rotatable bonds is 5. The van der Waals surface area contributed by atoms with Gasteiger partial charge in [-0.25, -0.2) is 9.59 Å². The van der Waals surface area contributed by atoms with Crippen LogP contribution in [0.3, 0.4) is 0 Å². The second-order valence-corrected chi connectivity index (χ2v) is 2.78. The van der Waals surface area contributed by atoms with Crippen LogP contribution in [0.15, 0.2) is 11.6 Å². The molecule has 0 aromatic carbocycles. The summed E-state index contributed by atoms with van der Waals surface area (Å²) < 4.78 is 4.67. The van der Waals surface area contributed by atoms with Crippen molar-refractivity contribution in [1.82, 2.24) is 5.32 Å². The highest BCUT2D eigenvalue weighted by atomic mass is 16.5. The summed E-state index contributed by atoms with van der Waals surface area (Å²) in [6.07, 6.45) is 0.765. The van der Waals surface area contributed by atoms with Gasteiger partial charge in [-0.3, -0.25) is 4.79 Å². The van der Waals surface area contributed by atoms with Gasteiger partial charge in [0.25, 0.3) is 0 Å². The number of carbonyl (C=O) groups is 3. The molecule has 1 amide bonds. The predicted molar refractivity (Wildman–Crippen MR) is 51.0 cm³/mol. The number of hydrogen-bond donors (Lipinski definition) is 2. The summed E-state index contributed by atoms with van der Waals surface area (Å²) in [5.41, 5.74) is 0.00493. The van der Waals surface area contributed by atoms with Gasteiger partial charge in [0.2, 0.25) is 5.91 Å². The molecule has 0 heterocycles. The lowest BCUT2D eigenvalue weighted by Crippen LogP contribution is -2.25. The smallest absolute Gasteiger partial charge is 0.334 e. The van der Waals surface area contributed by atoms with Gasteiger partial charge in [-0.15, -0.1) is 0 Å². The van der Waals surface area contributed by atoms with E-state index in [0.717, 1.165) is 6.08 Å². The highest BCUT2D eigenvalue weighted by Gasteiger charge is 2.06. The van der Waals surface area contributed by atoms with Crippen LogP contribution in [0, 0.1) is 0 Å². The third-order valence-electron chi connectivity index (χ3n) is 1.37. The molecule has 0 bridgehead atoms. The molecule has 0 aliphatic carbocycles. The van der Waals surface area contributed by atoms with Crippen molar-refractivity contribution in [2.45, 2.75) is 13.8 Å². The van der Waals surface area contributed by atoms with Gasteiger partial charge in [-0.1, -0.05) is 0 Å². The molecule has 0 atom stereocenters. The monoisotopic (exact) mass is 215 g/mol. The van der Waals surface area contributed by atoms with E-state index in [-0.39, 0.29) is 24.6 Å². The molecule has 0 aromatic rings. The normalized spacial score (nSPS) is 10.7. The second-order valence-electron chi connectivity index (χ2n) is 2.78. The fourth-order valence-electron chi connectivity index (χ4n) is 0.729. The van der Waals surface area contributed by atoms with Gasteiger partial charge in [0.1, 0.15) is 6.61 Å². The number of ether oxygens (including phenoxy) is 1. The molecular formula is C9H13NO5. The Morgan fingerprint density at radius 2 is 1.93 bits per heavy atom. The number of esters is 1. The fourth-order valence-corrected chi connectivity index (χ4v) is 0.729. The van der Waals surface area contributed by atoms with E-state index in [0.29, 0.717) is 0 Å². The number of carboxylic acid groups (broad SMARTS) is 1. The molecule has 0 aliphatic rings. The Kier molecular flexibility index (Phi) is 5.77. The molecule has 0 aliphatic heterocycles. The van der Waals surface area contributed by atoms with Crippen LogP contribution in [-0.2, 0) is 19.1 Å². The van der Waals surface area contributed by atoms with E-state index in [4.69, 9.17) is 5.11 Å². The molecule has 0 unspecified atom stereocenters. The molecule has 0 saturated heterocycles. The lowest BCUT2D eigenvalue weighted by molar-refractivity contribution is -0.140. The molecule has 15 heavy (non-hydrogen) atoms. The zero-order valence-electron chi connectivity index (χ0n) is 8.57. The van der Waals surface area contributed by atoms with Crippen LogP contribution >= 0.6 is 0 Å². The summed E-state index contributed by atoms with van der Waals surface area (Å²) in [6.45, 7) is 2.91.